The molecule has 6 rings (SSSR count). The van der Waals surface area contributed by atoms with Crippen LogP contribution in [0.15, 0.2) is 36.7 Å². The third kappa shape index (κ3) is 3.35. The number of aromatic nitrogens is 3. The topological polar surface area (TPSA) is 69.6 Å². The molecule has 4 aromatic rings. The van der Waals surface area contributed by atoms with Crippen molar-refractivity contribution < 1.29 is 36.3 Å². The van der Waals surface area contributed by atoms with Gasteiger partial charge in [-0.25, -0.2) is 4.98 Å². The molecule has 170 valence electrons. The van der Waals surface area contributed by atoms with Crippen molar-refractivity contribution in [3.05, 3.63) is 59.3 Å². The summed E-state index contributed by atoms with van der Waals surface area (Å²) in [6.07, 6.45) is 4.97. The molecule has 2 aliphatic rings. The highest BCUT2D eigenvalue weighted by atomic mass is 35.5. The van der Waals surface area contributed by atoms with E-state index in [2.05, 4.69) is 32.3 Å². The third-order valence-corrected chi connectivity index (χ3v) is 6.46. The van der Waals surface area contributed by atoms with E-state index < -0.39 is 0 Å². The number of imidazole rings is 1. The number of aryl methyl sites for hydroxylation is 4. The molecule has 33 heavy (non-hydrogen) atoms. The molecule has 0 spiro atoms. The first-order valence-electron chi connectivity index (χ1n) is 10.7. The predicted octanol–water partition coefficient (Wildman–Crippen LogP) is 0.659. The Labute approximate surface area is 197 Å². The van der Waals surface area contributed by atoms with Crippen molar-refractivity contribution in [1.29, 1.82) is 0 Å². The highest BCUT2D eigenvalue weighted by molar-refractivity contribution is 5.94. The van der Waals surface area contributed by atoms with E-state index in [0.717, 1.165) is 63.6 Å². The molecule has 0 radical (unpaired) electrons. The number of phenolic OH excluding ortho intramolecular Hbond substituents is 1. The lowest BCUT2D eigenvalue weighted by Crippen LogP contribution is -3.00. The molecular weight excluding hydrogens is 442 g/mol. The van der Waals surface area contributed by atoms with E-state index in [1.165, 1.54) is 5.56 Å². The van der Waals surface area contributed by atoms with Gasteiger partial charge in [0.15, 0.2) is 35.7 Å². The predicted molar refractivity (Wildman–Crippen MR) is 118 cm³/mol. The van der Waals surface area contributed by atoms with Gasteiger partial charge in [0.2, 0.25) is 12.5 Å². The number of phenols is 1. The number of ether oxygens (including phenoxy) is 3. The number of nitrogens with zero attached hydrogens (tertiary/aromatic N) is 3. The lowest BCUT2D eigenvalue weighted by molar-refractivity contribution is -0.686. The average Bonchev–Trinajstić information content (AvgIpc) is 3.37. The highest BCUT2D eigenvalue weighted by Gasteiger charge is 2.29. The number of hydrogen-bond acceptors (Lipinski definition) is 5. The van der Waals surface area contributed by atoms with Crippen LogP contribution in [-0.4, -0.2) is 28.6 Å². The maximum atomic E-state index is 10.9. The van der Waals surface area contributed by atoms with Crippen LogP contribution in [0, 0.1) is 13.8 Å². The summed E-state index contributed by atoms with van der Waals surface area (Å²) < 4.78 is 21.0. The van der Waals surface area contributed by atoms with Crippen LogP contribution in [0.4, 0.5) is 0 Å². The Morgan fingerprint density at radius 1 is 1.12 bits per heavy atom. The Morgan fingerprint density at radius 2 is 1.91 bits per heavy atom. The number of fused-ring (bicyclic) bond motifs is 5. The minimum atomic E-state index is 0. The van der Waals surface area contributed by atoms with Crippen LogP contribution >= 0.6 is 0 Å². The number of halogens is 1. The Bertz CT molecular complexity index is 1410. The SMILES string of the molecule is COc1cc(Cn2cc(C)nc2C)c2cc3[n+](cc2c1O)CCc1cc2c(cc1-3)OCO2.[Cl-]. The maximum Gasteiger partial charge on any atom is 0.231 e. The second kappa shape index (κ2) is 7.85. The fourth-order valence-corrected chi connectivity index (χ4v) is 4.87. The molecule has 0 atom stereocenters. The molecule has 7 nitrogen and oxygen atoms in total. The Morgan fingerprint density at radius 3 is 2.64 bits per heavy atom. The van der Waals surface area contributed by atoms with E-state index in [-0.39, 0.29) is 24.9 Å². The van der Waals surface area contributed by atoms with Crippen molar-refractivity contribution in [2.45, 2.75) is 33.4 Å². The number of pyridine rings is 1. The second-order valence-electron chi connectivity index (χ2n) is 8.44. The number of hydrogen-bond donors (Lipinski definition) is 1. The van der Waals surface area contributed by atoms with Gasteiger partial charge in [0.25, 0.3) is 0 Å². The first kappa shape index (κ1) is 21.4. The quantitative estimate of drug-likeness (QED) is 0.450. The summed E-state index contributed by atoms with van der Waals surface area (Å²) in [7, 11) is 1.59. The van der Waals surface area contributed by atoms with E-state index >= 15 is 0 Å². The molecule has 0 unspecified atom stereocenters. The van der Waals surface area contributed by atoms with Crippen LogP contribution in [-0.2, 0) is 19.5 Å². The molecule has 2 aromatic carbocycles. The molecule has 0 bridgehead atoms. The van der Waals surface area contributed by atoms with Crippen molar-refractivity contribution in [2.24, 2.45) is 0 Å². The molecule has 0 amide bonds. The largest absolute Gasteiger partial charge is 1.00 e. The van der Waals surface area contributed by atoms with Crippen molar-refractivity contribution in [3.8, 4) is 34.3 Å². The molecule has 0 saturated heterocycles. The van der Waals surface area contributed by atoms with Crippen molar-refractivity contribution in [3.63, 3.8) is 0 Å². The van der Waals surface area contributed by atoms with E-state index in [0.29, 0.717) is 12.3 Å². The summed E-state index contributed by atoms with van der Waals surface area (Å²) in [5.74, 6) is 3.18. The van der Waals surface area contributed by atoms with Gasteiger partial charge < -0.3 is 36.3 Å². The summed E-state index contributed by atoms with van der Waals surface area (Å²) in [6.45, 7) is 5.72. The lowest BCUT2D eigenvalue weighted by atomic mass is 9.94. The zero-order valence-corrected chi connectivity index (χ0v) is 19.4. The van der Waals surface area contributed by atoms with Crippen LogP contribution in [0.25, 0.3) is 22.0 Å². The van der Waals surface area contributed by atoms with Gasteiger partial charge in [-0.1, -0.05) is 0 Å². The standard InChI is InChI=1S/C25H23N3O4.ClH/c1-14-10-28(15(2)26-14)11-17-7-24(30-3)25(29)20-12-27-5-4-16-6-22-23(32-13-31-22)9-19(16)21(27)8-18(17)20;/h6-10,12H,4-5,11,13H2,1-3H3;1H. The number of aromatic hydroxyl groups is 1. The molecule has 0 saturated carbocycles. The lowest BCUT2D eigenvalue weighted by Gasteiger charge is -2.18. The van der Waals surface area contributed by atoms with Crippen LogP contribution in [0.5, 0.6) is 23.0 Å². The van der Waals surface area contributed by atoms with Gasteiger partial charge in [-0.3, -0.25) is 0 Å². The number of rotatable bonds is 3. The van der Waals surface area contributed by atoms with E-state index in [4.69, 9.17) is 14.2 Å². The highest BCUT2D eigenvalue weighted by Crippen LogP contribution is 2.42. The van der Waals surface area contributed by atoms with Gasteiger partial charge in [-0.05, 0) is 43.2 Å². The van der Waals surface area contributed by atoms with Crippen LogP contribution < -0.4 is 31.2 Å². The fourth-order valence-electron chi connectivity index (χ4n) is 4.87. The van der Waals surface area contributed by atoms with Gasteiger partial charge in [0.05, 0.1) is 23.8 Å². The minimum absolute atomic E-state index is 0. The maximum absolute atomic E-state index is 10.9. The summed E-state index contributed by atoms with van der Waals surface area (Å²) in [5, 5.41) is 12.7. The van der Waals surface area contributed by atoms with Crippen molar-refractivity contribution >= 4 is 10.8 Å². The summed E-state index contributed by atoms with van der Waals surface area (Å²) in [4.78, 5) is 4.53. The molecular formula is C25H24ClN3O4. The first-order valence-corrected chi connectivity index (χ1v) is 10.7. The van der Waals surface area contributed by atoms with Gasteiger partial charge in [-0.2, -0.15) is 4.57 Å². The average molecular weight is 466 g/mol. The summed E-state index contributed by atoms with van der Waals surface area (Å²) >= 11 is 0. The Balaban J connectivity index is 0.00000228. The zero-order chi connectivity index (χ0) is 22.0. The van der Waals surface area contributed by atoms with E-state index in [1.54, 1.807) is 7.11 Å². The summed E-state index contributed by atoms with van der Waals surface area (Å²) in [5.41, 5.74) is 5.52. The number of benzene rings is 2. The Hall–Kier alpha value is -3.45. The minimum Gasteiger partial charge on any atom is -1.00 e. The van der Waals surface area contributed by atoms with Gasteiger partial charge in [0.1, 0.15) is 5.82 Å². The van der Waals surface area contributed by atoms with Crippen molar-refractivity contribution in [2.75, 3.05) is 13.9 Å². The molecule has 8 heteroatoms. The van der Waals surface area contributed by atoms with Gasteiger partial charge in [-0.15, -0.1) is 0 Å². The summed E-state index contributed by atoms with van der Waals surface area (Å²) in [6, 6.07) is 8.26. The first-order chi connectivity index (χ1) is 15.5. The second-order valence-corrected chi connectivity index (χ2v) is 8.44. The zero-order valence-electron chi connectivity index (χ0n) is 18.7. The fraction of sp³-hybridized carbons (Fsp3) is 0.280. The Kier molecular flexibility index (Phi) is 5.09. The molecule has 2 aromatic heterocycles. The smallest absolute Gasteiger partial charge is 0.231 e. The monoisotopic (exact) mass is 465 g/mol. The van der Waals surface area contributed by atoms with Gasteiger partial charge in [0, 0.05) is 30.6 Å². The molecule has 0 aliphatic carbocycles. The van der Waals surface area contributed by atoms with Gasteiger partial charge >= 0.3 is 0 Å². The van der Waals surface area contributed by atoms with Crippen LogP contribution in [0.3, 0.4) is 0 Å². The normalized spacial score (nSPS) is 13.4. The number of methoxy groups -OCH3 is 1. The molecule has 4 heterocycles. The van der Waals surface area contributed by atoms with Crippen LogP contribution in [0.2, 0.25) is 0 Å². The van der Waals surface area contributed by atoms with E-state index in [9.17, 15) is 5.11 Å². The molecule has 2 aliphatic heterocycles. The van der Waals surface area contributed by atoms with Crippen molar-refractivity contribution in [1.82, 2.24) is 9.55 Å². The van der Waals surface area contributed by atoms with Crippen LogP contribution in [0.1, 0.15) is 22.6 Å². The van der Waals surface area contributed by atoms with E-state index in [1.807, 2.05) is 32.3 Å². The third-order valence-electron chi connectivity index (χ3n) is 6.46. The molecule has 0 fully saturated rings. The molecule has 1 N–H and O–H groups in total.